The van der Waals surface area contributed by atoms with Gasteiger partial charge in [0.05, 0.1) is 6.04 Å². The van der Waals surface area contributed by atoms with Crippen LogP contribution in [0, 0.1) is 6.92 Å². The first-order valence-electron chi connectivity index (χ1n) is 8.35. The Kier molecular flexibility index (Phi) is 4.82. The molecule has 0 spiro atoms. The summed E-state index contributed by atoms with van der Waals surface area (Å²) >= 11 is 1.54. The standard InChI is InChI=1S/C19H21N3O3S/c1-12-6-8-14(9-7-12)19(3)17(24)22(18(25)21-19)11-16(23)20-13(2)15-5-4-10-26-15/h4-10,13H,11H2,1-3H3,(H,20,23)(H,21,25)/t13-,19+/m1/s1. The number of benzene rings is 1. The molecule has 1 aliphatic rings. The molecule has 0 saturated carbocycles. The Morgan fingerprint density at radius 1 is 1.27 bits per heavy atom. The number of urea groups is 1. The van der Waals surface area contributed by atoms with E-state index in [2.05, 4.69) is 10.6 Å². The van der Waals surface area contributed by atoms with Crippen molar-refractivity contribution in [3.63, 3.8) is 0 Å². The molecule has 1 saturated heterocycles. The number of nitrogens with zero attached hydrogens (tertiary/aromatic N) is 1. The predicted molar refractivity (Wildman–Crippen MR) is 99.7 cm³/mol. The highest BCUT2D eigenvalue weighted by atomic mass is 32.1. The number of thiophene rings is 1. The first kappa shape index (κ1) is 18.1. The topological polar surface area (TPSA) is 78.5 Å². The van der Waals surface area contributed by atoms with Gasteiger partial charge in [-0.15, -0.1) is 11.3 Å². The van der Waals surface area contributed by atoms with Crippen LogP contribution < -0.4 is 10.6 Å². The Hall–Kier alpha value is -2.67. The lowest BCUT2D eigenvalue weighted by Gasteiger charge is -2.22. The smallest absolute Gasteiger partial charge is 0.325 e. The lowest BCUT2D eigenvalue weighted by Crippen LogP contribution is -2.43. The Morgan fingerprint density at radius 3 is 2.58 bits per heavy atom. The van der Waals surface area contributed by atoms with Crippen molar-refractivity contribution in [1.29, 1.82) is 0 Å². The Labute approximate surface area is 156 Å². The van der Waals surface area contributed by atoms with E-state index in [1.165, 1.54) is 0 Å². The largest absolute Gasteiger partial charge is 0.347 e. The minimum Gasteiger partial charge on any atom is -0.347 e. The van der Waals surface area contributed by atoms with Gasteiger partial charge in [-0.1, -0.05) is 35.9 Å². The molecule has 4 amide bonds. The zero-order valence-electron chi connectivity index (χ0n) is 14.9. The van der Waals surface area contributed by atoms with Crippen LogP contribution >= 0.6 is 11.3 Å². The zero-order valence-corrected chi connectivity index (χ0v) is 15.7. The molecule has 1 aromatic heterocycles. The number of hydrogen-bond donors (Lipinski definition) is 2. The normalized spacial score (nSPS) is 20.8. The van der Waals surface area contributed by atoms with Crippen molar-refractivity contribution in [3.05, 3.63) is 57.8 Å². The Morgan fingerprint density at radius 2 is 1.96 bits per heavy atom. The van der Waals surface area contributed by atoms with Crippen LogP contribution in [-0.2, 0) is 15.1 Å². The van der Waals surface area contributed by atoms with Crippen molar-refractivity contribution < 1.29 is 14.4 Å². The molecule has 26 heavy (non-hydrogen) atoms. The summed E-state index contributed by atoms with van der Waals surface area (Å²) in [7, 11) is 0. The molecular formula is C19H21N3O3S. The van der Waals surface area contributed by atoms with E-state index in [4.69, 9.17) is 0 Å². The van der Waals surface area contributed by atoms with Crippen molar-refractivity contribution in [2.75, 3.05) is 6.54 Å². The van der Waals surface area contributed by atoms with Crippen LogP contribution in [0.3, 0.4) is 0 Å². The van der Waals surface area contributed by atoms with E-state index in [1.807, 2.05) is 55.6 Å². The Balaban J connectivity index is 1.71. The van der Waals surface area contributed by atoms with Crippen LogP contribution in [0.25, 0.3) is 0 Å². The number of rotatable bonds is 5. The number of amides is 4. The second-order valence-corrected chi connectivity index (χ2v) is 7.60. The minimum atomic E-state index is -1.16. The fraction of sp³-hybridized carbons (Fsp3) is 0.316. The van der Waals surface area contributed by atoms with Crippen LogP contribution in [0.4, 0.5) is 4.79 Å². The van der Waals surface area contributed by atoms with E-state index in [0.29, 0.717) is 5.56 Å². The van der Waals surface area contributed by atoms with Crippen molar-refractivity contribution in [2.24, 2.45) is 0 Å². The van der Waals surface area contributed by atoms with Crippen LogP contribution in [-0.4, -0.2) is 29.3 Å². The van der Waals surface area contributed by atoms with Gasteiger partial charge in [0.15, 0.2) is 0 Å². The maximum Gasteiger partial charge on any atom is 0.325 e. The quantitative estimate of drug-likeness (QED) is 0.793. The highest BCUT2D eigenvalue weighted by molar-refractivity contribution is 7.10. The molecule has 1 fully saturated rings. The number of nitrogens with one attached hydrogen (secondary N) is 2. The van der Waals surface area contributed by atoms with Crippen LogP contribution in [0.15, 0.2) is 41.8 Å². The number of aryl methyl sites for hydroxylation is 1. The van der Waals surface area contributed by atoms with E-state index in [9.17, 15) is 14.4 Å². The SMILES string of the molecule is Cc1ccc([C@]2(C)NC(=O)N(CC(=O)N[C@H](C)c3cccs3)C2=O)cc1. The molecule has 0 unspecified atom stereocenters. The summed E-state index contributed by atoms with van der Waals surface area (Å²) in [6, 6.07) is 10.5. The van der Waals surface area contributed by atoms with E-state index in [0.717, 1.165) is 15.3 Å². The van der Waals surface area contributed by atoms with Crippen molar-refractivity contribution >= 4 is 29.2 Å². The van der Waals surface area contributed by atoms with Gasteiger partial charge in [-0.2, -0.15) is 0 Å². The molecule has 1 aromatic carbocycles. The lowest BCUT2D eigenvalue weighted by molar-refractivity contribution is -0.135. The third kappa shape index (κ3) is 3.35. The highest BCUT2D eigenvalue weighted by Gasteiger charge is 2.49. The van der Waals surface area contributed by atoms with Gasteiger partial charge < -0.3 is 10.6 Å². The number of carbonyl (C=O) groups is 3. The van der Waals surface area contributed by atoms with Gasteiger partial charge in [-0.25, -0.2) is 4.79 Å². The molecule has 0 aliphatic carbocycles. The van der Waals surface area contributed by atoms with Crippen LogP contribution in [0.5, 0.6) is 0 Å². The summed E-state index contributed by atoms with van der Waals surface area (Å²) in [5.41, 5.74) is 0.592. The molecule has 3 rings (SSSR count). The maximum absolute atomic E-state index is 12.8. The van der Waals surface area contributed by atoms with Gasteiger partial charge in [-0.3, -0.25) is 14.5 Å². The fourth-order valence-electron chi connectivity index (χ4n) is 2.96. The maximum atomic E-state index is 12.8. The summed E-state index contributed by atoms with van der Waals surface area (Å²) in [6.45, 7) is 5.17. The second-order valence-electron chi connectivity index (χ2n) is 6.62. The summed E-state index contributed by atoms with van der Waals surface area (Å²) in [5.74, 6) is -0.798. The monoisotopic (exact) mass is 371 g/mol. The van der Waals surface area contributed by atoms with E-state index in [-0.39, 0.29) is 18.5 Å². The lowest BCUT2D eigenvalue weighted by atomic mass is 9.91. The molecule has 0 radical (unpaired) electrons. The van der Waals surface area contributed by atoms with Gasteiger partial charge in [-0.05, 0) is 37.8 Å². The molecule has 7 heteroatoms. The van der Waals surface area contributed by atoms with Crippen molar-refractivity contribution in [3.8, 4) is 0 Å². The highest BCUT2D eigenvalue weighted by Crippen LogP contribution is 2.29. The fourth-order valence-corrected chi connectivity index (χ4v) is 3.70. The van der Waals surface area contributed by atoms with Gasteiger partial charge in [0.25, 0.3) is 5.91 Å². The van der Waals surface area contributed by atoms with E-state index >= 15 is 0 Å². The third-order valence-corrected chi connectivity index (χ3v) is 5.61. The summed E-state index contributed by atoms with van der Waals surface area (Å²) in [5, 5.41) is 7.47. The molecule has 6 nitrogen and oxygen atoms in total. The van der Waals surface area contributed by atoms with Crippen molar-refractivity contribution in [2.45, 2.75) is 32.4 Å². The number of hydrogen-bond acceptors (Lipinski definition) is 4. The molecule has 2 aromatic rings. The molecule has 136 valence electrons. The molecule has 0 bridgehead atoms. The molecule has 2 atom stereocenters. The van der Waals surface area contributed by atoms with Gasteiger partial charge >= 0.3 is 6.03 Å². The van der Waals surface area contributed by atoms with Crippen LogP contribution in [0.2, 0.25) is 0 Å². The summed E-state index contributed by atoms with van der Waals surface area (Å²) in [4.78, 5) is 39.4. The average Bonchev–Trinajstić information content (AvgIpc) is 3.20. The molecular weight excluding hydrogens is 350 g/mol. The average molecular weight is 371 g/mol. The van der Waals surface area contributed by atoms with E-state index < -0.39 is 17.5 Å². The summed E-state index contributed by atoms with van der Waals surface area (Å²) < 4.78 is 0. The molecule has 1 aliphatic heterocycles. The minimum absolute atomic E-state index is 0.174. The Bertz CT molecular complexity index is 832. The van der Waals surface area contributed by atoms with Gasteiger partial charge in [0.2, 0.25) is 5.91 Å². The van der Waals surface area contributed by atoms with E-state index in [1.54, 1.807) is 18.3 Å². The van der Waals surface area contributed by atoms with Gasteiger partial charge in [0.1, 0.15) is 12.1 Å². The molecule has 2 N–H and O–H groups in total. The number of imide groups is 1. The predicted octanol–water partition coefficient (Wildman–Crippen LogP) is 2.70. The van der Waals surface area contributed by atoms with Crippen LogP contribution in [0.1, 0.15) is 35.9 Å². The van der Waals surface area contributed by atoms with Gasteiger partial charge in [0, 0.05) is 4.88 Å². The third-order valence-electron chi connectivity index (χ3n) is 4.55. The van der Waals surface area contributed by atoms with Crippen molar-refractivity contribution in [1.82, 2.24) is 15.5 Å². The number of carbonyl (C=O) groups excluding carboxylic acids is 3. The molecule has 2 heterocycles. The first-order valence-corrected chi connectivity index (χ1v) is 9.23. The zero-order chi connectivity index (χ0) is 18.9. The summed E-state index contributed by atoms with van der Waals surface area (Å²) in [6.07, 6.45) is 0. The first-order chi connectivity index (χ1) is 12.3. The second kappa shape index (κ2) is 6.92.